The van der Waals surface area contributed by atoms with Gasteiger partial charge < -0.3 is 4.74 Å². The average Bonchev–Trinajstić information content (AvgIpc) is 2.35. The lowest BCUT2D eigenvalue weighted by Crippen LogP contribution is -2.16. The number of hydrogen-bond acceptors (Lipinski definition) is 2. The molecule has 1 unspecified atom stereocenters. The highest BCUT2D eigenvalue weighted by Gasteiger charge is 2.11. The number of allylic oxidation sites excluding steroid dienone is 1. The lowest BCUT2D eigenvalue weighted by Gasteiger charge is -2.14. The minimum Gasteiger partial charge on any atom is -0.455 e. The van der Waals surface area contributed by atoms with Gasteiger partial charge in [0, 0.05) is 5.57 Å². The number of ether oxygens (including phenoxy) is 1. The maximum atomic E-state index is 11.5. The first-order valence-electron chi connectivity index (χ1n) is 6.62. The number of unbranched alkanes of at least 4 members (excludes halogenated alkanes) is 4. The van der Waals surface area contributed by atoms with Crippen molar-refractivity contribution < 1.29 is 9.53 Å². The quantitative estimate of drug-likeness (QED) is 0.257. The van der Waals surface area contributed by atoms with E-state index in [0.717, 1.165) is 12.8 Å². The maximum absolute atomic E-state index is 11.5. The molecule has 2 heteroatoms. The van der Waals surface area contributed by atoms with Gasteiger partial charge >= 0.3 is 5.97 Å². The van der Waals surface area contributed by atoms with Gasteiger partial charge in [0.15, 0.2) is 0 Å². The molecule has 0 amide bonds. The Bertz CT molecular complexity index is 254. The van der Waals surface area contributed by atoms with Gasteiger partial charge in [0.1, 0.15) is 6.10 Å². The van der Waals surface area contributed by atoms with E-state index in [1.165, 1.54) is 25.7 Å². The van der Waals surface area contributed by atoms with E-state index < -0.39 is 0 Å². The van der Waals surface area contributed by atoms with Crippen LogP contribution in [0.2, 0.25) is 0 Å². The maximum Gasteiger partial charge on any atom is 0.333 e. The van der Waals surface area contributed by atoms with Gasteiger partial charge in [0.25, 0.3) is 0 Å². The van der Waals surface area contributed by atoms with E-state index in [4.69, 9.17) is 4.74 Å². The summed E-state index contributed by atoms with van der Waals surface area (Å²) in [7, 11) is 0. The van der Waals surface area contributed by atoms with E-state index in [-0.39, 0.29) is 12.1 Å². The van der Waals surface area contributed by atoms with Gasteiger partial charge in [0.2, 0.25) is 0 Å². The first kappa shape index (κ1) is 16.0. The summed E-state index contributed by atoms with van der Waals surface area (Å²) in [4.78, 5) is 11.5. The smallest absolute Gasteiger partial charge is 0.333 e. The minimum absolute atomic E-state index is 0.140. The summed E-state index contributed by atoms with van der Waals surface area (Å²) in [5.74, 6) is -0.231. The fourth-order valence-corrected chi connectivity index (χ4v) is 1.52. The van der Waals surface area contributed by atoms with E-state index in [2.05, 4.69) is 13.5 Å². The van der Waals surface area contributed by atoms with Crippen LogP contribution in [0.3, 0.4) is 0 Å². The second kappa shape index (κ2) is 10.1. The topological polar surface area (TPSA) is 26.3 Å². The van der Waals surface area contributed by atoms with Crippen molar-refractivity contribution in [3.05, 3.63) is 24.3 Å². The van der Waals surface area contributed by atoms with Crippen molar-refractivity contribution in [1.29, 1.82) is 0 Å². The molecule has 0 aliphatic rings. The first-order valence-corrected chi connectivity index (χ1v) is 6.62. The molecule has 98 valence electrons. The molecule has 0 saturated carbocycles. The Balaban J connectivity index is 3.84. The summed E-state index contributed by atoms with van der Waals surface area (Å²) in [6.07, 6.45) is 10.3. The lowest BCUT2D eigenvalue weighted by atomic mass is 10.1. The number of rotatable bonds is 9. The first-order chi connectivity index (χ1) is 8.15. The summed E-state index contributed by atoms with van der Waals surface area (Å²) >= 11 is 0. The molecule has 0 aromatic carbocycles. The van der Waals surface area contributed by atoms with Gasteiger partial charge in [-0.3, -0.25) is 0 Å². The predicted molar refractivity (Wildman–Crippen MR) is 72.9 cm³/mol. The SMILES string of the molecule is C=CC(CCCCCCC)OC(=O)/C(C)=C\C. The molecule has 0 heterocycles. The van der Waals surface area contributed by atoms with Crippen LogP contribution in [0.15, 0.2) is 24.3 Å². The van der Waals surface area contributed by atoms with Gasteiger partial charge in [-0.2, -0.15) is 0 Å². The molecule has 17 heavy (non-hydrogen) atoms. The summed E-state index contributed by atoms with van der Waals surface area (Å²) in [6, 6.07) is 0. The molecule has 0 aromatic rings. The number of carbonyl (C=O) groups excluding carboxylic acids is 1. The van der Waals surface area contributed by atoms with Crippen LogP contribution in [0.25, 0.3) is 0 Å². The molecular formula is C15H26O2. The Labute approximate surface area is 106 Å². The Morgan fingerprint density at radius 1 is 1.29 bits per heavy atom. The van der Waals surface area contributed by atoms with Crippen molar-refractivity contribution in [3.8, 4) is 0 Å². The summed E-state index contributed by atoms with van der Waals surface area (Å²) in [5, 5.41) is 0. The fourth-order valence-electron chi connectivity index (χ4n) is 1.52. The highest BCUT2D eigenvalue weighted by Crippen LogP contribution is 2.11. The highest BCUT2D eigenvalue weighted by molar-refractivity contribution is 5.87. The third-order valence-electron chi connectivity index (χ3n) is 2.87. The van der Waals surface area contributed by atoms with Gasteiger partial charge in [-0.25, -0.2) is 4.79 Å². The van der Waals surface area contributed by atoms with E-state index in [9.17, 15) is 4.79 Å². The van der Waals surface area contributed by atoms with Gasteiger partial charge in [-0.05, 0) is 26.7 Å². The average molecular weight is 238 g/mol. The van der Waals surface area contributed by atoms with Crippen LogP contribution < -0.4 is 0 Å². The standard InChI is InChI=1S/C15H26O2/c1-5-8-9-10-11-12-14(7-3)17-15(16)13(4)6-2/h6-7,14H,3,5,8-12H2,1-2,4H3/b13-6-. The number of carbonyl (C=O) groups is 1. The van der Waals surface area contributed by atoms with Crippen LogP contribution in [0, 0.1) is 0 Å². The molecular weight excluding hydrogens is 212 g/mol. The predicted octanol–water partition coefficient (Wildman–Crippen LogP) is 4.41. The van der Waals surface area contributed by atoms with Crippen molar-refractivity contribution in [1.82, 2.24) is 0 Å². The lowest BCUT2D eigenvalue weighted by molar-refractivity contribution is -0.142. The Kier molecular flexibility index (Phi) is 9.50. The Morgan fingerprint density at radius 2 is 1.94 bits per heavy atom. The molecule has 2 nitrogen and oxygen atoms in total. The second-order valence-electron chi connectivity index (χ2n) is 4.35. The summed E-state index contributed by atoms with van der Waals surface area (Å²) in [6.45, 7) is 9.53. The van der Waals surface area contributed by atoms with Crippen LogP contribution in [0.5, 0.6) is 0 Å². The van der Waals surface area contributed by atoms with Crippen molar-refractivity contribution in [2.45, 2.75) is 65.4 Å². The fraction of sp³-hybridized carbons (Fsp3) is 0.667. The Morgan fingerprint density at radius 3 is 2.47 bits per heavy atom. The van der Waals surface area contributed by atoms with Crippen molar-refractivity contribution in [2.24, 2.45) is 0 Å². The van der Waals surface area contributed by atoms with Crippen LogP contribution in [-0.4, -0.2) is 12.1 Å². The normalized spacial score (nSPS) is 13.2. The summed E-state index contributed by atoms with van der Waals surface area (Å²) in [5.41, 5.74) is 0.655. The highest BCUT2D eigenvalue weighted by atomic mass is 16.5. The van der Waals surface area contributed by atoms with Gasteiger partial charge in [0.05, 0.1) is 0 Å². The molecule has 0 saturated heterocycles. The minimum atomic E-state index is -0.231. The molecule has 1 atom stereocenters. The van der Waals surface area contributed by atoms with Gasteiger partial charge in [-0.1, -0.05) is 51.3 Å². The molecule has 0 aliphatic heterocycles. The number of hydrogen-bond donors (Lipinski definition) is 0. The summed E-state index contributed by atoms with van der Waals surface area (Å²) < 4.78 is 5.33. The van der Waals surface area contributed by atoms with Crippen LogP contribution in [-0.2, 0) is 9.53 Å². The molecule has 0 aliphatic carbocycles. The molecule has 0 spiro atoms. The van der Waals surface area contributed by atoms with Crippen LogP contribution >= 0.6 is 0 Å². The largest absolute Gasteiger partial charge is 0.455 e. The zero-order valence-electron chi connectivity index (χ0n) is 11.5. The van der Waals surface area contributed by atoms with Crippen LogP contribution in [0.1, 0.15) is 59.3 Å². The molecule has 0 N–H and O–H groups in total. The molecule has 0 radical (unpaired) electrons. The van der Waals surface area contributed by atoms with Crippen molar-refractivity contribution in [3.63, 3.8) is 0 Å². The van der Waals surface area contributed by atoms with E-state index in [1.807, 2.05) is 6.92 Å². The monoisotopic (exact) mass is 238 g/mol. The third-order valence-corrected chi connectivity index (χ3v) is 2.87. The van der Waals surface area contributed by atoms with E-state index >= 15 is 0 Å². The zero-order valence-corrected chi connectivity index (χ0v) is 11.5. The molecule has 0 fully saturated rings. The molecule has 0 aromatic heterocycles. The molecule has 0 bridgehead atoms. The second-order valence-corrected chi connectivity index (χ2v) is 4.35. The van der Waals surface area contributed by atoms with Gasteiger partial charge in [-0.15, -0.1) is 0 Å². The third kappa shape index (κ3) is 7.78. The molecule has 0 rings (SSSR count). The van der Waals surface area contributed by atoms with Crippen LogP contribution in [0.4, 0.5) is 0 Å². The van der Waals surface area contributed by atoms with E-state index in [1.54, 1.807) is 19.1 Å². The van der Waals surface area contributed by atoms with E-state index in [0.29, 0.717) is 5.57 Å². The Hall–Kier alpha value is -1.05. The zero-order chi connectivity index (χ0) is 13.1. The van der Waals surface area contributed by atoms with Crippen molar-refractivity contribution >= 4 is 5.97 Å². The van der Waals surface area contributed by atoms with Crippen molar-refractivity contribution in [2.75, 3.05) is 0 Å². The number of esters is 1.